The summed E-state index contributed by atoms with van der Waals surface area (Å²) < 4.78 is 4.63. The van der Waals surface area contributed by atoms with E-state index in [0.29, 0.717) is 6.42 Å². The number of allylic oxidation sites excluding steroid dienone is 2. The molecule has 0 rings (SSSR count). The highest BCUT2D eigenvalue weighted by Crippen LogP contribution is 2.13. The molecule has 21 heavy (non-hydrogen) atoms. The molecule has 0 aliphatic heterocycles. The van der Waals surface area contributed by atoms with Crippen LogP contribution in [0.1, 0.15) is 97.3 Å². The van der Waals surface area contributed by atoms with Gasteiger partial charge in [-0.05, 0) is 39.0 Å². The third kappa shape index (κ3) is 15.4. The molecule has 0 spiro atoms. The van der Waals surface area contributed by atoms with Crippen molar-refractivity contribution in [2.75, 3.05) is 7.11 Å². The van der Waals surface area contributed by atoms with Gasteiger partial charge in [0.2, 0.25) is 0 Å². The molecule has 0 fully saturated rings. The molecule has 0 aliphatic carbocycles. The minimum atomic E-state index is -0.0745. The van der Waals surface area contributed by atoms with Crippen LogP contribution in [0.4, 0.5) is 0 Å². The van der Waals surface area contributed by atoms with Crippen LogP contribution in [0.15, 0.2) is 11.6 Å². The summed E-state index contributed by atoms with van der Waals surface area (Å²) in [4.78, 5) is 10.9. The van der Waals surface area contributed by atoms with Crippen molar-refractivity contribution in [3.05, 3.63) is 11.6 Å². The molecule has 0 unspecified atom stereocenters. The van der Waals surface area contributed by atoms with Crippen LogP contribution in [0.5, 0.6) is 0 Å². The molecule has 124 valence electrons. The van der Waals surface area contributed by atoms with Crippen LogP contribution in [0.3, 0.4) is 0 Å². The topological polar surface area (TPSA) is 26.3 Å². The summed E-state index contributed by atoms with van der Waals surface area (Å²) in [6.45, 7) is 4.54. The first-order valence-electron chi connectivity index (χ1n) is 8.93. The van der Waals surface area contributed by atoms with E-state index in [1.54, 1.807) is 5.57 Å². The van der Waals surface area contributed by atoms with Crippen molar-refractivity contribution in [2.45, 2.75) is 97.3 Å². The highest BCUT2D eigenvalue weighted by atomic mass is 16.5. The number of carbonyl (C=O) groups excluding carboxylic acids is 1. The van der Waals surface area contributed by atoms with E-state index in [-0.39, 0.29) is 5.97 Å². The number of esters is 1. The first-order chi connectivity index (χ1) is 10.2. The number of hydrogen-bond acceptors (Lipinski definition) is 2. The van der Waals surface area contributed by atoms with Crippen molar-refractivity contribution in [1.29, 1.82) is 0 Å². The van der Waals surface area contributed by atoms with E-state index >= 15 is 0 Å². The smallest absolute Gasteiger partial charge is 0.305 e. The lowest BCUT2D eigenvalue weighted by molar-refractivity contribution is -0.140. The van der Waals surface area contributed by atoms with Gasteiger partial charge in [-0.2, -0.15) is 0 Å². The maximum atomic E-state index is 10.9. The Balaban J connectivity index is 3.28. The predicted octanol–water partition coefficient (Wildman–Crippen LogP) is 6.20. The number of hydrogen-bond donors (Lipinski definition) is 0. The molecule has 0 radical (unpaired) electrons. The van der Waals surface area contributed by atoms with Gasteiger partial charge in [0.25, 0.3) is 0 Å². The number of ether oxygens (including phenoxy) is 1. The molecule has 0 N–H and O–H groups in total. The molecule has 0 bridgehead atoms. The highest BCUT2D eigenvalue weighted by Gasteiger charge is 1.99. The fourth-order valence-electron chi connectivity index (χ4n) is 2.50. The normalized spacial score (nSPS) is 11.7. The van der Waals surface area contributed by atoms with Crippen molar-refractivity contribution >= 4 is 5.97 Å². The van der Waals surface area contributed by atoms with E-state index < -0.39 is 0 Å². The van der Waals surface area contributed by atoms with Gasteiger partial charge < -0.3 is 4.74 Å². The highest BCUT2D eigenvalue weighted by molar-refractivity contribution is 5.68. The number of unbranched alkanes of at least 4 members (excludes halogenated alkanes) is 9. The third-order valence-corrected chi connectivity index (χ3v) is 3.98. The van der Waals surface area contributed by atoms with Gasteiger partial charge in [0.05, 0.1) is 7.11 Å². The van der Waals surface area contributed by atoms with Crippen LogP contribution < -0.4 is 0 Å². The molecule has 0 aromatic rings. The van der Waals surface area contributed by atoms with Crippen LogP contribution in [0.2, 0.25) is 0 Å². The van der Waals surface area contributed by atoms with Gasteiger partial charge in [-0.1, -0.05) is 63.5 Å². The minimum Gasteiger partial charge on any atom is -0.469 e. The van der Waals surface area contributed by atoms with Gasteiger partial charge in [-0.15, -0.1) is 0 Å². The largest absolute Gasteiger partial charge is 0.469 e. The summed E-state index contributed by atoms with van der Waals surface area (Å²) in [5, 5.41) is 0. The monoisotopic (exact) mass is 296 g/mol. The summed E-state index contributed by atoms with van der Waals surface area (Å²) in [7, 11) is 1.46. The number of rotatable bonds is 14. The first-order valence-corrected chi connectivity index (χ1v) is 8.93. The third-order valence-electron chi connectivity index (χ3n) is 3.98. The van der Waals surface area contributed by atoms with Crippen LogP contribution in [-0.2, 0) is 9.53 Å². The van der Waals surface area contributed by atoms with E-state index in [1.807, 2.05) is 0 Å². The second-order valence-electron chi connectivity index (χ2n) is 6.10. The summed E-state index contributed by atoms with van der Waals surface area (Å²) >= 11 is 0. The van der Waals surface area contributed by atoms with Gasteiger partial charge in [-0.25, -0.2) is 0 Å². The van der Waals surface area contributed by atoms with Crippen LogP contribution in [0, 0.1) is 0 Å². The maximum absolute atomic E-state index is 10.9. The summed E-state index contributed by atoms with van der Waals surface area (Å²) in [6.07, 6.45) is 18.3. The van der Waals surface area contributed by atoms with Crippen molar-refractivity contribution in [3.63, 3.8) is 0 Å². The lowest BCUT2D eigenvalue weighted by Crippen LogP contribution is -1.99. The van der Waals surface area contributed by atoms with Crippen molar-refractivity contribution < 1.29 is 9.53 Å². The molecule has 0 amide bonds. The molecular formula is C19H36O2. The Labute approximate surface area is 132 Å². The van der Waals surface area contributed by atoms with E-state index in [2.05, 4.69) is 24.7 Å². The fourth-order valence-corrected chi connectivity index (χ4v) is 2.50. The Morgan fingerprint density at radius 2 is 1.43 bits per heavy atom. The molecule has 0 atom stereocenters. The Morgan fingerprint density at radius 1 is 0.857 bits per heavy atom. The Hall–Kier alpha value is -0.790. The van der Waals surface area contributed by atoms with E-state index in [0.717, 1.165) is 12.8 Å². The predicted molar refractivity (Wildman–Crippen MR) is 91.5 cm³/mol. The van der Waals surface area contributed by atoms with Gasteiger partial charge in [-0.3, -0.25) is 4.79 Å². The first kappa shape index (κ1) is 20.2. The molecular weight excluding hydrogens is 260 g/mol. The Kier molecular flexibility index (Phi) is 15.0. The minimum absolute atomic E-state index is 0.0745. The van der Waals surface area contributed by atoms with E-state index in [9.17, 15) is 4.79 Å². The summed E-state index contributed by atoms with van der Waals surface area (Å²) in [5.74, 6) is -0.0745. The van der Waals surface area contributed by atoms with Crippen LogP contribution in [-0.4, -0.2) is 13.1 Å². The second-order valence-corrected chi connectivity index (χ2v) is 6.10. The molecule has 0 aliphatic rings. The van der Waals surface area contributed by atoms with E-state index in [1.165, 1.54) is 71.3 Å². The lowest BCUT2D eigenvalue weighted by atomic mass is 10.0. The number of carbonyl (C=O) groups is 1. The average molecular weight is 296 g/mol. The molecule has 0 heterocycles. The molecule has 0 saturated carbocycles. The maximum Gasteiger partial charge on any atom is 0.305 e. The zero-order valence-electron chi connectivity index (χ0n) is 14.6. The molecule has 2 heteroatoms. The number of methoxy groups -OCH3 is 1. The van der Waals surface area contributed by atoms with Gasteiger partial charge in [0.1, 0.15) is 0 Å². The summed E-state index contributed by atoms with van der Waals surface area (Å²) in [6, 6.07) is 0. The molecule has 0 saturated heterocycles. The van der Waals surface area contributed by atoms with Gasteiger partial charge >= 0.3 is 5.97 Å². The van der Waals surface area contributed by atoms with Gasteiger partial charge in [0, 0.05) is 6.42 Å². The average Bonchev–Trinajstić information content (AvgIpc) is 2.49. The molecule has 2 nitrogen and oxygen atoms in total. The van der Waals surface area contributed by atoms with Crippen molar-refractivity contribution in [1.82, 2.24) is 0 Å². The van der Waals surface area contributed by atoms with E-state index in [4.69, 9.17) is 0 Å². The molecule has 0 aromatic carbocycles. The quantitative estimate of drug-likeness (QED) is 0.217. The van der Waals surface area contributed by atoms with Crippen molar-refractivity contribution in [2.24, 2.45) is 0 Å². The van der Waals surface area contributed by atoms with Gasteiger partial charge in [0.15, 0.2) is 0 Å². The zero-order valence-corrected chi connectivity index (χ0v) is 14.6. The zero-order chi connectivity index (χ0) is 15.8. The summed E-state index contributed by atoms with van der Waals surface area (Å²) in [5.41, 5.74) is 1.57. The Bertz CT molecular complexity index is 269. The standard InChI is InChI=1S/C19H36O2/c1-4-5-6-12-15-18(2)16-13-10-8-7-9-11-14-17-19(20)21-3/h16H,4-15,17H2,1-3H3. The lowest BCUT2D eigenvalue weighted by Gasteiger charge is -2.03. The second kappa shape index (κ2) is 15.6. The fraction of sp³-hybridized carbons (Fsp3) is 0.842. The Morgan fingerprint density at radius 3 is 2.10 bits per heavy atom. The van der Waals surface area contributed by atoms with Crippen LogP contribution >= 0.6 is 0 Å². The van der Waals surface area contributed by atoms with Crippen LogP contribution in [0.25, 0.3) is 0 Å². The van der Waals surface area contributed by atoms with Crippen molar-refractivity contribution in [3.8, 4) is 0 Å². The SMILES string of the molecule is CCCCCCC(C)=CCCCCCCCCC(=O)OC. The molecule has 0 aromatic heterocycles.